The van der Waals surface area contributed by atoms with E-state index in [1.807, 2.05) is 0 Å². The number of hydrogen-bond donors (Lipinski definition) is 0. The van der Waals surface area contributed by atoms with Gasteiger partial charge in [-0.1, -0.05) is 56.7 Å². The van der Waals surface area contributed by atoms with Crippen LogP contribution in [0.3, 0.4) is 0 Å². The van der Waals surface area contributed by atoms with Gasteiger partial charge in [-0.05, 0) is 18.6 Å². The van der Waals surface area contributed by atoms with Gasteiger partial charge in [0, 0.05) is 0 Å². The highest BCUT2D eigenvalue weighted by Gasteiger charge is 2.07. The summed E-state index contributed by atoms with van der Waals surface area (Å²) in [7, 11) is 0. The number of hydrogen-bond acceptors (Lipinski definition) is 2. The van der Waals surface area contributed by atoms with Crippen LogP contribution in [0.2, 0.25) is 5.02 Å². The first-order valence-corrected chi connectivity index (χ1v) is 7.04. The van der Waals surface area contributed by atoms with Crippen molar-refractivity contribution in [3.05, 3.63) is 28.8 Å². The van der Waals surface area contributed by atoms with Crippen molar-refractivity contribution in [3.63, 3.8) is 0 Å². The average molecular weight is 269 g/mol. The smallest absolute Gasteiger partial charge is 0.153 e. The number of aldehydes is 1. The van der Waals surface area contributed by atoms with Crippen LogP contribution in [0.5, 0.6) is 5.75 Å². The van der Waals surface area contributed by atoms with Crippen molar-refractivity contribution in [1.29, 1.82) is 0 Å². The number of para-hydroxylation sites is 1. The van der Waals surface area contributed by atoms with Crippen molar-refractivity contribution in [3.8, 4) is 5.75 Å². The standard InChI is InChI=1S/C15H21ClO2/c1-2-3-4-5-6-7-11-18-15-13(12-17)9-8-10-14(15)16/h8-10,12H,2-7,11H2,1H3. The van der Waals surface area contributed by atoms with Gasteiger partial charge in [0.1, 0.15) is 5.75 Å². The largest absolute Gasteiger partial charge is 0.491 e. The Morgan fingerprint density at radius 2 is 1.89 bits per heavy atom. The van der Waals surface area contributed by atoms with Gasteiger partial charge in [0.2, 0.25) is 0 Å². The van der Waals surface area contributed by atoms with Crippen LogP contribution in [0.1, 0.15) is 55.8 Å². The molecular weight excluding hydrogens is 248 g/mol. The summed E-state index contributed by atoms with van der Waals surface area (Å²) in [5.41, 5.74) is 0.522. The molecule has 0 aromatic heterocycles. The molecule has 0 saturated heterocycles. The molecule has 0 atom stereocenters. The maximum Gasteiger partial charge on any atom is 0.153 e. The van der Waals surface area contributed by atoms with E-state index in [1.54, 1.807) is 18.2 Å². The van der Waals surface area contributed by atoms with Crippen LogP contribution in [0, 0.1) is 0 Å². The molecule has 0 aliphatic carbocycles. The van der Waals surface area contributed by atoms with E-state index < -0.39 is 0 Å². The van der Waals surface area contributed by atoms with E-state index in [9.17, 15) is 4.79 Å². The Hall–Kier alpha value is -1.02. The Morgan fingerprint density at radius 1 is 1.17 bits per heavy atom. The molecule has 0 amide bonds. The summed E-state index contributed by atoms with van der Waals surface area (Å²) >= 11 is 6.01. The number of ether oxygens (including phenoxy) is 1. The molecule has 0 unspecified atom stereocenters. The number of carbonyl (C=O) groups excluding carboxylic acids is 1. The highest BCUT2D eigenvalue weighted by molar-refractivity contribution is 6.32. The number of halogens is 1. The molecular formula is C15H21ClO2. The van der Waals surface area contributed by atoms with Crippen LogP contribution in [0.4, 0.5) is 0 Å². The first kappa shape index (κ1) is 15.0. The minimum atomic E-state index is 0.505. The van der Waals surface area contributed by atoms with E-state index in [1.165, 1.54) is 32.1 Å². The van der Waals surface area contributed by atoms with Crippen LogP contribution in [-0.4, -0.2) is 12.9 Å². The molecule has 2 nitrogen and oxygen atoms in total. The highest BCUT2D eigenvalue weighted by Crippen LogP contribution is 2.27. The molecule has 100 valence electrons. The third-order valence-corrected chi connectivity index (χ3v) is 3.17. The van der Waals surface area contributed by atoms with E-state index in [4.69, 9.17) is 16.3 Å². The van der Waals surface area contributed by atoms with Crippen molar-refractivity contribution in [1.82, 2.24) is 0 Å². The second-order valence-electron chi connectivity index (χ2n) is 4.39. The first-order valence-electron chi connectivity index (χ1n) is 6.66. The van der Waals surface area contributed by atoms with Crippen molar-refractivity contribution in [2.75, 3.05) is 6.61 Å². The lowest BCUT2D eigenvalue weighted by Crippen LogP contribution is -2.00. The zero-order valence-electron chi connectivity index (χ0n) is 11.0. The normalized spacial score (nSPS) is 10.3. The zero-order chi connectivity index (χ0) is 13.2. The monoisotopic (exact) mass is 268 g/mol. The lowest BCUT2D eigenvalue weighted by atomic mass is 10.1. The molecule has 1 rings (SSSR count). The Labute approximate surface area is 114 Å². The molecule has 0 radical (unpaired) electrons. The van der Waals surface area contributed by atoms with Gasteiger partial charge >= 0.3 is 0 Å². The molecule has 18 heavy (non-hydrogen) atoms. The zero-order valence-corrected chi connectivity index (χ0v) is 11.7. The predicted octanol–water partition coefficient (Wildman–Crippen LogP) is 4.89. The predicted molar refractivity (Wildman–Crippen MR) is 75.7 cm³/mol. The van der Waals surface area contributed by atoms with E-state index in [0.717, 1.165) is 12.7 Å². The SMILES string of the molecule is CCCCCCCCOc1c(Cl)cccc1C=O. The van der Waals surface area contributed by atoms with Crippen LogP contribution >= 0.6 is 11.6 Å². The fraction of sp³-hybridized carbons (Fsp3) is 0.533. The maximum absolute atomic E-state index is 10.8. The summed E-state index contributed by atoms with van der Waals surface area (Å²) in [6.07, 6.45) is 8.07. The summed E-state index contributed by atoms with van der Waals surface area (Å²) in [5.74, 6) is 0.516. The van der Waals surface area contributed by atoms with E-state index in [-0.39, 0.29) is 0 Å². The van der Waals surface area contributed by atoms with Gasteiger partial charge in [-0.2, -0.15) is 0 Å². The second kappa shape index (κ2) is 8.98. The van der Waals surface area contributed by atoms with Gasteiger partial charge < -0.3 is 4.74 Å². The topological polar surface area (TPSA) is 26.3 Å². The minimum absolute atomic E-state index is 0.505. The van der Waals surface area contributed by atoms with Crippen molar-refractivity contribution >= 4 is 17.9 Å². The molecule has 1 aromatic carbocycles. The lowest BCUT2D eigenvalue weighted by molar-refractivity contribution is 0.111. The lowest BCUT2D eigenvalue weighted by Gasteiger charge is -2.09. The Morgan fingerprint density at radius 3 is 2.61 bits per heavy atom. The molecule has 0 bridgehead atoms. The Kier molecular flexibility index (Phi) is 7.51. The fourth-order valence-corrected chi connectivity index (χ4v) is 2.06. The van der Waals surface area contributed by atoms with Crippen molar-refractivity contribution in [2.45, 2.75) is 45.4 Å². The van der Waals surface area contributed by atoms with Crippen molar-refractivity contribution < 1.29 is 9.53 Å². The highest BCUT2D eigenvalue weighted by atomic mass is 35.5. The van der Waals surface area contributed by atoms with Gasteiger partial charge in [0.15, 0.2) is 6.29 Å². The van der Waals surface area contributed by atoms with Gasteiger partial charge in [-0.25, -0.2) is 0 Å². The Balaban J connectivity index is 2.29. The van der Waals surface area contributed by atoms with Crippen LogP contribution in [0.15, 0.2) is 18.2 Å². The van der Waals surface area contributed by atoms with E-state index in [2.05, 4.69) is 6.92 Å². The average Bonchev–Trinajstić information content (AvgIpc) is 2.39. The summed E-state index contributed by atoms with van der Waals surface area (Å²) < 4.78 is 5.60. The summed E-state index contributed by atoms with van der Waals surface area (Å²) in [6, 6.07) is 5.21. The molecule has 0 spiro atoms. The number of carbonyl (C=O) groups is 1. The number of rotatable bonds is 9. The van der Waals surface area contributed by atoms with Gasteiger partial charge in [0.05, 0.1) is 17.2 Å². The molecule has 0 saturated carbocycles. The molecule has 0 aliphatic rings. The molecule has 0 aliphatic heterocycles. The fourth-order valence-electron chi connectivity index (χ4n) is 1.83. The molecule has 1 aromatic rings. The minimum Gasteiger partial charge on any atom is -0.491 e. The summed E-state index contributed by atoms with van der Waals surface area (Å²) in [4.78, 5) is 10.8. The first-order chi connectivity index (χ1) is 8.79. The van der Waals surface area contributed by atoms with Crippen LogP contribution in [0.25, 0.3) is 0 Å². The van der Waals surface area contributed by atoms with Gasteiger partial charge in [-0.3, -0.25) is 4.79 Å². The quantitative estimate of drug-likeness (QED) is 0.471. The van der Waals surface area contributed by atoms with Crippen LogP contribution < -0.4 is 4.74 Å². The van der Waals surface area contributed by atoms with E-state index in [0.29, 0.717) is 22.9 Å². The molecule has 0 N–H and O–H groups in total. The van der Waals surface area contributed by atoms with Gasteiger partial charge in [-0.15, -0.1) is 0 Å². The van der Waals surface area contributed by atoms with Crippen LogP contribution in [-0.2, 0) is 0 Å². The maximum atomic E-state index is 10.8. The van der Waals surface area contributed by atoms with Crippen molar-refractivity contribution in [2.24, 2.45) is 0 Å². The number of unbranched alkanes of at least 4 members (excludes halogenated alkanes) is 5. The summed E-state index contributed by atoms with van der Waals surface area (Å²) in [6.45, 7) is 2.83. The number of benzene rings is 1. The van der Waals surface area contributed by atoms with E-state index >= 15 is 0 Å². The summed E-state index contributed by atoms with van der Waals surface area (Å²) in [5, 5.41) is 0.505. The van der Waals surface area contributed by atoms with Gasteiger partial charge in [0.25, 0.3) is 0 Å². The Bertz CT molecular complexity index is 364. The molecule has 3 heteroatoms. The third-order valence-electron chi connectivity index (χ3n) is 2.87. The third kappa shape index (κ3) is 5.09. The second-order valence-corrected chi connectivity index (χ2v) is 4.80. The molecule has 0 heterocycles. The molecule has 0 fully saturated rings.